The van der Waals surface area contributed by atoms with Gasteiger partial charge in [-0.3, -0.25) is 0 Å². The zero-order valence-electron chi connectivity index (χ0n) is 19.0. The van der Waals surface area contributed by atoms with Crippen LogP contribution in [0.4, 0.5) is 4.39 Å². The monoisotopic (exact) mass is 414 g/mol. The number of hydrogen-bond acceptors (Lipinski definition) is 2. The van der Waals surface area contributed by atoms with Crippen LogP contribution in [0, 0.1) is 11.2 Å². The molecule has 158 valence electrons. The summed E-state index contributed by atoms with van der Waals surface area (Å²) in [5.74, 6) is 1.05. The Bertz CT molecular complexity index is 946. The Morgan fingerprint density at radius 1 is 1.14 bits per heavy atom. The van der Waals surface area contributed by atoms with Crippen molar-refractivity contribution in [2.24, 2.45) is 5.41 Å². The Morgan fingerprint density at radius 2 is 1.86 bits per heavy atom. The fraction of sp³-hybridized carbons (Fsp3) is 0.600. The Hall–Kier alpha value is -1.39. The van der Waals surface area contributed by atoms with Crippen LogP contribution >= 0.6 is 0 Å². The van der Waals surface area contributed by atoms with Gasteiger partial charge in [-0.15, -0.1) is 0 Å². The first-order valence-electron chi connectivity index (χ1n) is 10.9. The van der Waals surface area contributed by atoms with Crippen LogP contribution < -0.4 is 4.74 Å². The molecule has 1 fully saturated rings. The van der Waals surface area contributed by atoms with E-state index in [0.29, 0.717) is 11.3 Å². The first kappa shape index (κ1) is 20.9. The lowest BCUT2D eigenvalue weighted by atomic mass is 9.66. The third-order valence-electron chi connectivity index (χ3n) is 8.06. The Kier molecular flexibility index (Phi) is 4.90. The van der Waals surface area contributed by atoms with Crippen molar-refractivity contribution in [3.05, 3.63) is 41.2 Å². The van der Waals surface area contributed by atoms with Crippen molar-refractivity contribution in [1.29, 1.82) is 0 Å². The van der Waals surface area contributed by atoms with Crippen molar-refractivity contribution in [1.82, 2.24) is 0 Å². The summed E-state index contributed by atoms with van der Waals surface area (Å²) >= 11 is 0. The lowest BCUT2D eigenvalue weighted by Gasteiger charge is -2.39. The average molecular weight is 415 g/mol. The number of halogens is 1. The van der Waals surface area contributed by atoms with Gasteiger partial charge in [0.25, 0.3) is 0 Å². The highest BCUT2D eigenvalue weighted by atomic mass is 28.4. The van der Waals surface area contributed by atoms with E-state index in [9.17, 15) is 0 Å². The highest BCUT2D eigenvalue weighted by molar-refractivity contribution is 6.74. The molecule has 3 atom stereocenters. The van der Waals surface area contributed by atoms with Crippen LogP contribution in [-0.2, 0) is 10.8 Å². The zero-order valence-corrected chi connectivity index (χ0v) is 20.0. The third kappa shape index (κ3) is 3.42. The minimum absolute atomic E-state index is 0.112. The zero-order chi connectivity index (χ0) is 21.2. The Labute approximate surface area is 175 Å². The van der Waals surface area contributed by atoms with Crippen LogP contribution in [0.25, 0.3) is 10.8 Å². The highest BCUT2D eigenvalue weighted by Crippen LogP contribution is 2.58. The molecule has 0 radical (unpaired) electrons. The molecule has 0 spiro atoms. The van der Waals surface area contributed by atoms with E-state index in [2.05, 4.69) is 40.8 Å². The van der Waals surface area contributed by atoms with Crippen molar-refractivity contribution in [2.45, 2.75) is 83.5 Å². The maximum absolute atomic E-state index is 15.1. The molecule has 4 rings (SSSR count). The quantitative estimate of drug-likeness (QED) is 0.494. The number of methoxy groups -OCH3 is 1. The summed E-state index contributed by atoms with van der Waals surface area (Å²) in [5.41, 5.74) is 2.72. The molecule has 29 heavy (non-hydrogen) atoms. The van der Waals surface area contributed by atoms with Crippen LogP contribution in [-0.4, -0.2) is 21.5 Å². The van der Waals surface area contributed by atoms with Gasteiger partial charge in [0.1, 0.15) is 11.6 Å². The molecular weight excluding hydrogens is 379 g/mol. The molecule has 2 nitrogen and oxygen atoms in total. The SMILES string of the molecule is COc1ccc2c(F)cc3c(c2c1)CC[C@]1(C)CC(O[Si](C)(C)C(C)(C)C)C[C@@H]31. The van der Waals surface area contributed by atoms with Crippen LogP contribution in [0.15, 0.2) is 24.3 Å². The van der Waals surface area contributed by atoms with E-state index in [-0.39, 0.29) is 22.4 Å². The summed E-state index contributed by atoms with van der Waals surface area (Å²) in [6.45, 7) is 14.0. The van der Waals surface area contributed by atoms with Crippen LogP contribution in [0.5, 0.6) is 5.75 Å². The molecule has 1 unspecified atom stereocenters. The molecule has 1 saturated carbocycles. The summed E-state index contributed by atoms with van der Waals surface area (Å²) < 4.78 is 27.3. The predicted octanol–water partition coefficient (Wildman–Crippen LogP) is 7.21. The number of benzene rings is 2. The van der Waals surface area contributed by atoms with Gasteiger partial charge in [-0.1, -0.05) is 27.7 Å². The largest absolute Gasteiger partial charge is 0.497 e. The minimum atomic E-state index is -1.82. The van der Waals surface area contributed by atoms with Crippen molar-refractivity contribution in [3.8, 4) is 5.75 Å². The second-order valence-electron chi connectivity index (χ2n) is 11.0. The standard InChI is InChI=1S/C25H35FO2Si/c1-24(2,3)29(6,7)28-17-13-22-21-14-23(26)19-9-8-16(27-5)12-20(19)18(21)10-11-25(22,4)15-17/h8-9,12,14,17,22H,10-11,13,15H2,1-7H3/t17?,22-,25+/m0/s1. The van der Waals surface area contributed by atoms with Gasteiger partial charge in [0, 0.05) is 11.5 Å². The summed E-state index contributed by atoms with van der Waals surface area (Å²) in [7, 11) is -0.146. The number of ether oxygens (including phenoxy) is 1. The van der Waals surface area contributed by atoms with E-state index in [1.165, 1.54) is 11.1 Å². The van der Waals surface area contributed by atoms with Gasteiger partial charge in [0.15, 0.2) is 8.32 Å². The fourth-order valence-electron chi connectivity index (χ4n) is 5.32. The first-order valence-corrected chi connectivity index (χ1v) is 13.8. The van der Waals surface area contributed by atoms with Crippen molar-refractivity contribution >= 4 is 19.1 Å². The lowest BCUT2D eigenvalue weighted by molar-refractivity contribution is 0.165. The van der Waals surface area contributed by atoms with Crippen molar-refractivity contribution < 1.29 is 13.6 Å². The highest BCUT2D eigenvalue weighted by Gasteiger charge is 2.50. The summed E-state index contributed by atoms with van der Waals surface area (Å²) in [5, 5.41) is 1.94. The van der Waals surface area contributed by atoms with Gasteiger partial charge in [-0.05, 0) is 95.9 Å². The van der Waals surface area contributed by atoms with Crippen LogP contribution in [0.3, 0.4) is 0 Å². The molecule has 0 aliphatic heterocycles. The molecule has 0 saturated heterocycles. The number of fused-ring (bicyclic) bond motifs is 5. The number of hydrogen-bond donors (Lipinski definition) is 0. The second kappa shape index (κ2) is 6.81. The second-order valence-corrected chi connectivity index (χ2v) is 15.7. The topological polar surface area (TPSA) is 18.5 Å². The molecular formula is C25H35FO2Si. The van der Waals surface area contributed by atoms with Gasteiger partial charge in [0.05, 0.1) is 7.11 Å². The van der Waals surface area contributed by atoms with Crippen molar-refractivity contribution in [3.63, 3.8) is 0 Å². The van der Waals surface area contributed by atoms with Gasteiger partial charge in [0.2, 0.25) is 0 Å². The molecule has 0 bridgehead atoms. The maximum Gasteiger partial charge on any atom is 0.192 e. The molecule has 2 aromatic rings. The molecule has 0 heterocycles. The van der Waals surface area contributed by atoms with Crippen LogP contribution in [0.2, 0.25) is 18.1 Å². The summed E-state index contributed by atoms with van der Waals surface area (Å²) in [6.07, 6.45) is 4.51. The summed E-state index contributed by atoms with van der Waals surface area (Å²) in [6, 6.07) is 7.54. The first-order chi connectivity index (χ1) is 13.4. The molecule has 4 heteroatoms. The molecule has 2 aliphatic carbocycles. The average Bonchev–Trinajstić information content (AvgIpc) is 2.96. The van der Waals surface area contributed by atoms with Gasteiger partial charge >= 0.3 is 0 Å². The fourth-order valence-corrected chi connectivity index (χ4v) is 6.69. The normalized spacial score (nSPS) is 27.0. The Morgan fingerprint density at radius 3 is 2.52 bits per heavy atom. The number of aryl methyl sites for hydroxylation is 1. The minimum Gasteiger partial charge on any atom is -0.497 e. The lowest BCUT2D eigenvalue weighted by Crippen LogP contribution is -2.43. The maximum atomic E-state index is 15.1. The van der Waals surface area contributed by atoms with Gasteiger partial charge in [-0.25, -0.2) is 4.39 Å². The molecule has 0 N–H and O–H groups in total. The molecule has 0 aromatic heterocycles. The summed E-state index contributed by atoms with van der Waals surface area (Å²) in [4.78, 5) is 0. The van der Waals surface area contributed by atoms with E-state index < -0.39 is 8.32 Å². The Balaban J connectivity index is 1.73. The van der Waals surface area contributed by atoms with Crippen LogP contribution in [0.1, 0.15) is 64.0 Å². The van der Waals surface area contributed by atoms with E-state index in [1.807, 2.05) is 24.3 Å². The predicted molar refractivity (Wildman–Crippen MR) is 121 cm³/mol. The van der Waals surface area contributed by atoms with E-state index in [1.54, 1.807) is 7.11 Å². The molecule has 0 amide bonds. The number of rotatable bonds is 3. The van der Waals surface area contributed by atoms with Crippen molar-refractivity contribution in [2.75, 3.05) is 7.11 Å². The molecule has 2 aliphatic rings. The third-order valence-corrected chi connectivity index (χ3v) is 12.6. The van der Waals surface area contributed by atoms with E-state index in [4.69, 9.17) is 9.16 Å². The van der Waals surface area contributed by atoms with Gasteiger partial charge < -0.3 is 9.16 Å². The smallest absolute Gasteiger partial charge is 0.192 e. The molecule has 2 aromatic carbocycles. The van der Waals surface area contributed by atoms with Gasteiger partial charge in [-0.2, -0.15) is 0 Å². The van der Waals surface area contributed by atoms with E-state index >= 15 is 4.39 Å². The van der Waals surface area contributed by atoms with E-state index in [0.717, 1.165) is 36.8 Å².